The Morgan fingerprint density at radius 2 is 1.55 bits per heavy atom. The van der Waals surface area contributed by atoms with Crippen LogP contribution in [-0.2, 0) is 0 Å². The third-order valence-corrected chi connectivity index (χ3v) is 3.40. The van der Waals surface area contributed by atoms with Gasteiger partial charge in [0.1, 0.15) is 0 Å². The second kappa shape index (κ2) is 6.63. The lowest BCUT2D eigenvalue weighted by molar-refractivity contribution is 1.02. The van der Waals surface area contributed by atoms with Gasteiger partial charge in [0.2, 0.25) is 17.2 Å². The first-order valence-electron chi connectivity index (χ1n) is 5.56. The number of aromatic nitrogens is 3. The van der Waals surface area contributed by atoms with Crippen molar-refractivity contribution in [1.29, 1.82) is 0 Å². The number of nitrogens with one attached hydrogen (secondary N) is 2. The number of rotatable bonds is 4. The molecule has 106 valence electrons. The van der Waals surface area contributed by atoms with Crippen LogP contribution >= 0.6 is 46.4 Å². The summed E-state index contributed by atoms with van der Waals surface area (Å²) in [5.41, 5.74) is 0.519. The van der Waals surface area contributed by atoms with Crippen LogP contribution in [0.2, 0.25) is 20.4 Å². The van der Waals surface area contributed by atoms with E-state index in [0.717, 1.165) is 0 Å². The molecular weight excluding hydrogens is 344 g/mol. The van der Waals surface area contributed by atoms with E-state index in [9.17, 15) is 0 Å². The molecule has 0 aliphatic rings. The molecule has 0 bridgehead atoms. The van der Waals surface area contributed by atoms with E-state index in [0.29, 0.717) is 33.2 Å². The SMILES string of the molecule is CCNc1nc(Cl)nc(Nc2cc(Cl)c(Cl)cc2Cl)n1. The Morgan fingerprint density at radius 1 is 0.900 bits per heavy atom. The molecule has 2 rings (SSSR count). The third kappa shape index (κ3) is 3.76. The average molecular weight is 353 g/mol. The lowest BCUT2D eigenvalue weighted by Crippen LogP contribution is -2.06. The van der Waals surface area contributed by atoms with Crippen molar-refractivity contribution in [2.24, 2.45) is 0 Å². The van der Waals surface area contributed by atoms with Crippen molar-refractivity contribution < 1.29 is 0 Å². The standard InChI is InChI=1S/C11H9Cl4N5/c1-2-16-10-18-9(15)19-11(20-10)17-8-4-6(13)5(12)3-7(8)14/h3-4H,2H2,1H3,(H2,16,17,18,19,20). The summed E-state index contributed by atoms with van der Waals surface area (Å²) in [5, 5.41) is 7.05. The van der Waals surface area contributed by atoms with E-state index in [4.69, 9.17) is 46.4 Å². The fourth-order valence-electron chi connectivity index (χ4n) is 1.38. The van der Waals surface area contributed by atoms with Gasteiger partial charge in [-0.3, -0.25) is 0 Å². The Kier molecular flexibility index (Phi) is 5.10. The molecule has 0 fully saturated rings. The Balaban J connectivity index is 2.32. The fraction of sp³-hybridized carbons (Fsp3) is 0.182. The first-order valence-corrected chi connectivity index (χ1v) is 7.07. The molecule has 2 aromatic rings. The summed E-state index contributed by atoms with van der Waals surface area (Å²) < 4.78 is 0. The minimum atomic E-state index is 0.0645. The van der Waals surface area contributed by atoms with Crippen molar-refractivity contribution in [1.82, 2.24) is 15.0 Å². The molecule has 0 amide bonds. The number of hydrogen-bond acceptors (Lipinski definition) is 5. The van der Waals surface area contributed by atoms with Crippen LogP contribution in [0.15, 0.2) is 12.1 Å². The van der Waals surface area contributed by atoms with Crippen LogP contribution in [0.4, 0.5) is 17.6 Å². The minimum Gasteiger partial charge on any atom is -0.354 e. The summed E-state index contributed by atoms with van der Waals surface area (Å²) in [6, 6.07) is 3.11. The predicted molar refractivity (Wildman–Crippen MR) is 83.8 cm³/mol. The van der Waals surface area contributed by atoms with E-state index < -0.39 is 0 Å². The van der Waals surface area contributed by atoms with E-state index in [1.165, 1.54) is 6.07 Å². The van der Waals surface area contributed by atoms with Crippen molar-refractivity contribution >= 4 is 64.0 Å². The maximum Gasteiger partial charge on any atom is 0.233 e. The molecule has 0 aliphatic heterocycles. The zero-order chi connectivity index (χ0) is 14.7. The largest absolute Gasteiger partial charge is 0.354 e. The average Bonchev–Trinajstić information content (AvgIpc) is 2.35. The maximum absolute atomic E-state index is 6.07. The minimum absolute atomic E-state index is 0.0645. The first kappa shape index (κ1) is 15.4. The van der Waals surface area contributed by atoms with Crippen molar-refractivity contribution in [3.05, 3.63) is 32.5 Å². The maximum atomic E-state index is 6.07. The van der Waals surface area contributed by atoms with Crippen molar-refractivity contribution in [3.8, 4) is 0 Å². The molecule has 0 saturated heterocycles. The first-order chi connectivity index (χ1) is 9.49. The van der Waals surface area contributed by atoms with Crippen molar-refractivity contribution in [2.45, 2.75) is 6.92 Å². The Hall–Kier alpha value is -1.01. The van der Waals surface area contributed by atoms with E-state index in [1.54, 1.807) is 6.07 Å². The van der Waals surface area contributed by atoms with Crippen LogP contribution in [0.3, 0.4) is 0 Å². The molecule has 1 heterocycles. The van der Waals surface area contributed by atoms with Gasteiger partial charge in [-0.2, -0.15) is 15.0 Å². The Morgan fingerprint density at radius 3 is 2.25 bits per heavy atom. The molecule has 1 aromatic carbocycles. The summed E-state index contributed by atoms with van der Waals surface area (Å²) in [6.07, 6.45) is 0. The fourth-order valence-corrected chi connectivity index (χ4v) is 2.14. The highest BCUT2D eigenvalue weighted by atomic mass is 35.5. The van der Waals surface area contributed by atoms with Gasteiger partial charge >= 0.3 is 0 Å². The summed E-state index contributed by atoms with van der Waals surface area (Å²) in [7, 11) is 0. The number of benzene rings is 1. The number of hydrogen-bond donors (Lipinski definition) is 2. The van der Waals surface area contributed by atoms with Crippen LogP contribution in [0.25, 0.3) is 0 Å². The van der Waals surface area contributed by atoms with Crippen LogP contribution < -0.4 is 10.6 Å². The van der Waals surface area contributed by atoms with Crippen LogP contribution in [-0.4, -0.2) is 21.5 Å². The van der Waals surface area contributed by atoms with Gasteiger partial charge in [0.25, 0.3) is 0 Å². The number of nitrogens with zero attached hydrogens (tertiary/aromatic N) is 3. The zero-order valence-corrected chi connectivity index (χ0v) is 13.2. The van der Waals surface area contributed by atoms with E-state index >= 15 is 0 Å². The normalized spacial score (nSPS) is 10.4. The highest BCUT2D eigenvalue weighted by Crippen LogP contribution is 2.33. The molecule has 0 saturated carbocycles. The van der Waals surface area contributed by atoms with Gasteiger partial charge in [-0.15, -0.1) is 0 Å². The predicted octanol–water partition coefficient (Wildman–Crippen LogP) is 4.66. The van der Waals surface area contributed by atoms with Gasteiger partial charge in [-0.25, -0.2) is 0 Å². The molecule has 1 aromatic heterocycles. The molecule has 2 N–H and O–H groups in total. The van der Waals surface area contributed by atoms with Crippen molar-refractivity contribution in [2.75, 3.05) is 17.2 Å². The zero-order valence-electron chi connectivity index (χ0n) is 10.2. The summed E-state index contributed by atoms with van der Waals surface area (Å²) in [6.45, 7) is 2.58. The number of anilines is 3. The van der Waals surface area contributed by atoms with Crippen LogP contribution in [0.1, 0.15) is 6.92 Å². The lowest BCUT2D eigenvalue weighted by atomic mass is 10.3. The molecule has 20 heavy (non-hydrogen) atoms. The quantitative estimate of drug-likeness (QED) is 0.783. The van der Waals surface area contributed by atoms with Gasteiger partial charge in [-0.1, -0.05) is 34.8 Å². The monoisotopic (exact) mass is 351 g/mol. The smallest absolute Gasteiger partial charge is 0.233 e. The molecule has 0 aliphatic carbocycles. The van der Waals surface area contributed by atoms with Crippen LogP contribution in [0, 0.1) is 0 Å². The Labute approximate surface area is 135 Å². The van der Waals surface area contributed by atoms with E-state index in [1.807, 2.05) is 6.92 Å². The second-order valence-electron chi connectivity index (χ2n) is 3.65. The topological polar surface area (TPSA) is 62.7 Å². The highest BCUT2D eigenvalue weighted by molar-refractivity contribution is 6.44. The molecule has 0 radical (unpaired) electrons. The van der Waals surface area contributed by atoms with Gasteiger partial charge < -0.3 is 10.6 Å². The molecule has 0 atom stereocenters. The summed E-state index contributed by atoms with van der Waals surface area (Å²) in [5.74, 6) is 0.618. The van der Waals surface area contributed by atoms with Crippen LogP contribution in [0.5, 0.6) is 0 Å². The van der Waals surface area contributed by atoms with Gasteiger partial charge in [-0.05, 0) is 30.7 Å². The van der Waals surface area contributed by atoms with E-state index in [2.05, 4.69) is 25.6 Å². The molecule has 5 nitrogen and oxygen atoms in total. The Bertz CT molecular complexity index is 634. The molecular formula is C11H9Cl4N5. The van der Waals surface area contributed by atoms with Gasteiger partial charge in [0.15, 0.2) is 0 Å². The van der Waals surface area contributed by atoms with Gasteiger partial charge in [0.05, 0.1) is 20.8 Å². The number of halogens is 4. The second-order valence-corrected chi connectivity index (χ2v) is 5.21. The van der Waals surface area contributed by atoms with Gasteiger partial charge in [0, 0.05) is 6.54 Å². The van der Waals surface area contributed by atoms with E-state index in [-0.39, 0.29) is 11.2 Å². The summed E-state index contributed by atoms with van der Waals surface area (Å²) in [4.78, 5) is 12.0. The third-order valence-electron chi connectivity index (χ3n) is 2.20. The highest BCUT2D eigenvalue weighted by Gasteiger charge is 2.09. The van der Waals surface area contributed by atoms with Crippen molar-refractivity contribution in [3.63, 3.8) is 0 Å². The molecule has 0 unspecified atom stereocenters. The lowest BCUT2D eigenvalue weighted by Gasteiger charge is -2.09. The molecule has 0 spiro atoms. The summed E-state index contributed by atoms with van der Waals surface area (Å²) >= 11 is 23.7. The molecule has 9 heteroatoms.